The average molecular weight is 345 g/mol. The Labute approximate surface area is 147 Å². The summed E-state index contributed by atoms with van der Waals surface area (Å²) in [7, 11) is 0. The second kappa shape index (κ2) is 7.62. The molecule has 1 N–H and O–H groups in total. The number of nitrogens with one attached hydrogen (secondary N) is 1. The van der Waals surface area contributed by atoms with Gasteiger partial charge in [0.2, 0.25) is 0 Å². The molecule has 2 heterocycles. The highest BCUT2D eigenvalue weighted by Gasteiger charge is 2.14. The SMILES string of the molecule is Cc1cc(N2CCCCC2)nc(CNC(=O)c2cccc(Cl)c2)n1. The second-order valence-electron chi connectivity index (χ2n) is 6.02. The molecule has 1 saturated heterocycles. The summed E-state index contributed by atoms with van der Waals surface area (Å²) in [5.74, 6) is 1.40. The summed E-state index contributed by atoms with van der Waals surface area (Å²) < 4.78 is 0. The maximum atomic E-state index is 12.2. The molecule has 0 atom stereocenters. The number of amides is 1. The minimum Gasteiger partial charge on any atom is -0.357 e. The van der Waals surface area contributed by atoms with Crippen molar-refractivity contribution >= 4 is 23.3 Å². The minimum absolute atomic E-state index is 0.179. The summed E-state index contributed by atoms with van der Waals surface area (Å²) in [5.41, 5.74) is 1.45. The average Bonchev–Trinajstić information content (AvgIpc) is 2.60. The Balaban J connectivity index is 1.68. The van der Waals surface area contributed by atoms with E-state index in [1.54, 1.807) is 24.3 Å². The quantitative estimate of drug-likeness (QED) is 0.924. The molecule has 0 aliphatic carbocycles. The lowest BCUT2D eigenvalue weighted by molar-refractivity contribution is 0.0950. The Morgan fingerprint density at radius 3 is 2.75 bits per heavy atom. The fourth-order valence-corrected chi connectivity index (χ4v) is 3.06. The number of anilines is 1. The van der Waals surface area contributed by atoms with E-state index >= 15 is 0 Å². The van der Waals surface area contributed by atoms with E-state index in [1.165, 1.54) is 19.3 Å². The van der Waals surface area contributed by atoms with Crippen molar-refractivity contribution in [3.05, 3.63) is 52.4 Å². The zero-order valence-corrected chi connectivity index (χ0v) is 14.5. The van der Waals surface area contributed by atoms with E-state index in [2.05, 4.69) is 20.2 Å². The minimum atomic E-state index is -0.179. The predicted octanol–water partition coefficient (Wildman–Crippen LogP) is 3.36. The number of benzene rings is 1. The lowest BCUT2D eigenvalue weighted by atomic mass is 10.1. The van der Waals surface area contributed by atoms with Crippen LogP contribution in [-0.4, -0.2) is 29.0 Å². The van der Waals surface area contributed by atoms with Gasteiger partial charge in [0.1, 0.15) is 11.6 Å². The fourth-order valence-electron chi connectivity index (χ4n) is 2.87. The van der Waals surface area contributed by atoms with Gasteiger partial charge in [0.15, 0.2) is 0 Å². The van der Waals surface area contributed by atoms with Gasteiger partial charge >= 0.3 is 0 Å². The summed E-state index contributed by atoms with van der Waals surface area (Å²) >= 11 is 5.92. The molecule has 0 radical (unpaired) electrons. The predicted molar refractivity (Wildman–Crippen MR) is 95.5 cm³/mol. The van der Waals surface area contributed by atoms with Crippen LogP contribution in [0.5, 0.6) is 0 Å². The molecule has 1 amide bonds. The normalized spacial score (nSPS) is 14.5. The maximum absolute atomic E-state index is 12.2. The number of aryl methyl sites for hydroxylation is 1. The van der Waals surface area contributed by atoms with Crippen LogP contribution in [0.3, 0.4) is 0 Å². The zero-order chi connectivity index (χ0) is 16.9. The summed E-state index contributed by atoms with van der Waals surface area (Å²) in [6.07, 6.45) is 3.68. The van der Waals surface area contributed by atoms with Crippen LogP contribution in [0.4, 0.5) is 5.82 Å². The summed E-state index contributed by atoms with van der Waals surface area (Å²) in [5, 5.41) is 3.40. The first-order valence-electron chi connectivity index (χ1n) is 8.25. The number of aromatic nitrogens is 2. The molecule has 1 aromatic carbocycles. The Kier molecular flexibility index (Phi) is 5.30. The van der Waals surface area contributed by atoms with Crippen molar-refractivity contribution in [1.29, 1.82) is 0 Å². The topological polar surface area (TPSA) is 58.1 Å². The highest BCUT2D eigenvalue weighted by molar-refractivity contribution is 6.30. The third-order valence-electron chi connectivity index (χ3n) is 4.06. The molecule has 0 spiro atoms. The highest BCUT2D eigenvalue weighted by atomic mass is 35.5. The molecule has 24 heavy (non-hydrogen) atoms. The van der Waals surface area contributed by atoms with Crippen molar-refractivity contribution in [2.45, 2.75) is 32.7 Å². The first-order chi connectivity index (χ1) is 11.6. The first-order valence-corrected chi connectivity index (χ1v) is 8.63. The van der Waals surface area contributed by atoms with E-state index in [-0.39, 0.29) is 5.91 Å². The molecule has 0 bridgehead atoms. The van der Waals surface area contributed by atoms with Crippen molar-refractivity contribution in [2.75, 3.05) is 18.0 Å². The van der Waals surface area contributed by atoms with Gasteiger partial charge in [-0.25, -0.2) is 9.97 Å². The van der Waals surface area contributed by atoms with Crippen molar-refractivity contribution in [3.8, 4) is 0 Å². The van der Waals surface area contributed by atoms with Crippen LogP contribution in [0.15, 0.2) is 30.3 Å². The van der Waals surface area contributed by atoms with E-state index in [1.807, 2.05) is 13.0 Å². The fraction of sp³-hybridized carbons (Fsp3) is 0.389. The number of hydrogen-bond donors (Lipinski definition) is 1. The largest absolute Gasteiger partial charge is 0.357 e. The van der Waals surface area contributed by atoms with Crippen LogP contribution < -0.4 is 10.2 Å². The van der Waals surface area contributed by atoms with E-state index in [0.717, 1.165) is 24.6 Å². The molecule has 126 valence electrons. The van der Waals surface area contributed by atoms with Gasteiger partial charge in [-0.05, 0) is 44.4 Å². The number of rotatable bonds is 4. The second-order valence-corrected chi connectivity index (χ2v) is 6.46. The Bertz CT molecular complexity index is 729. The van der Waals surface area contributed by atoms with Crippen LogP contribution in [0.2, 0.25) is 5.02 Å². The number of carbonyl (C=O) groups excluding carboxylic acids is 1. The van der Waals surface area contributed by atoms with Crippen LogP contribution >= 0.6 is 11.6 Å². The molecule has 1 aliphatic heterocycles. The lowest BCUT2D eigenvalue weighted by Gasteiger charge is -2.28. The van der Waals surface area contributed by atoms with Gasteiger partial charge in [0.25, 0.3) is 5.91 Å². The van der Waals surface area contributed by atoms with Crippen LogP contribution in [0, 0.1) is 6.92 Å². The summed E-state index contributed by atoms with van der Waals surface area (Å²) in [6, 6.07) is 8.89. The van der Waals surface area contributed by atoms with Crippen molar-refractivity contribution in [1.82, 2.24) is 15.3 Å². The zero-order valence-electron chi connectivity index (χ0n) is 13.8. The van der Waals surface area contributed by atoms with Gasteiger partial charge in [0, 0.05) is 35.4 Å². The van der Waals surface area contributed by atoms with Crippen LogP contribution in [0.1, 0.15) is 41.1 Å². The van der Waals surface area contributed by atoms with Gasteiger partial charge in [-0.15, -0.1) is 0 Å². The van der Waals surface area contributed by atoms with E-state index < -0.39 is 0 Å². The molecule has 0 saturated carbocycles. The van der Waals surface area contributed by atoms with Crippen molar-refractivity contribution in [2.24, 2.45) is 0 Å². The third-order valence-corrected chi connectivity index (χ3v) is 4.30. The number of hydrogen-bond acceptors (Lipinski definition) is 4. The van der Waals surface area contributed by atoms with Crippen LogP contribution in [-0.2, 0) is 6.54 Å². The molecule has 1 aliphatic rings. The van der Waals surface area contributed by atoms with E-state index in [4.69, 9.17) is 11.6 Å². The van der Waals surface area contributed by atoms with Gasteiger partial charge < -0.3 is 10.2 Å². The smallest absolute Gasteiger partial charge is 0.251 e. The molecule has 6 heteroatoms. The highest BCUT2D eigenvalue weighted by Crippen LogP contribution is 2.18. The number of piperidine rings is 1. The molecular weight excluding hydrogens is 324 g/mol. The molecule has 1 aromatic heterocycles. The molecule has 5 nitrogen and oxygen atoms in total. The summed E-state index contributed by atoms with van der Waals surface area (Å²) in [4.78, 5) is 23.5. The number of halogens is 1. The summed E-state index contributed by atoms with van der Waals surface area (Å²) in [6.45, 7) is 4.32. The van der Waals surface area contributed by atoms with Gasteiger partial charge in [-0.1, -0.05) is 17.7 Å². The molecular formula is C18H21ClN4O. The lowest BCUT2D eigenvalue weighted by Crippen LogP contribution is -2.31. The van der Waals surface area contributed by atoms with Crippen LogP contribution in [0.25, 0.3) is 0 Å². The van der Waals surface area contributed by atoms with Gasteiger partial charge in [-0.3, -0.25) is 4.79 Å². The molecule has 1 fully saturated rings. The van der Waals surface area contributed by atoms with Crippen molar-refractivity contribution < 1.29 is 4.79 Å². The monoisotopic (exact) mass is 344 g/mol. The van der Waals surface area contributed by atoms with E-state index in [9.17, 15) is 4.79 Å². The number of carbonyl (C=O) groups is 1. The van der Waals surface area contributed by atoms with Gasteiger partial charge in [0.05, 0.1) is 6.54 Å². The molecule has 3 rings (SSSR count). The third kappa shape index (κ3) is 4.23. The van der Waals surface area contributed by atoms with Gasteiger partial charge in [-0.2, -0.15) is 0 Å². The maximum Gasteiger partial charge on any atom is 0.251 e. The molecule has 0 unspecified atom stereocenters. The van der Waals surface area contributed by atoms with E-state index in [0.29, 0.717) is 23.0 Å². The standard InChI is InChI=1S/C18H21ClN4O/c1-13-10-17(23-8-3-2-4-9-23)22-16(21-13)12-20-18(24)14-6-5-7-15(19)11-14/h5-7,10-11H,2-4,8-9,12H2,1H3,(H,20,24). The number of nitrogens with zero attached hydrogens (tertiary/aromatic N) is 3. The molecule has 2 aromatic rings. The Morgan fingerprint density at radius 2 is 2.00 bits per heavy atom. The Morgan fingerprint density at radius 1 is 1.21 bits per heavy atom. The Hall–Kier alpha value is -2.14. The first kappa shape index (κ1) is 16.7. The van der Waals surface area contributed by atoms with Crippen molar-refractivity contribution in [3.63, 3.8) is 0 Å².